The first kappa shape index (κ1) is 24.5. The molecule has 0 saturated carbocycles. The maximum atomic E-state index is 13.4. The summed E-state index contributed by atoms with van der Waals surface area (Å²) >= 11 is 5.90. The van der Waals surface area contributed by atoms with Crippen molar-refractivity contribution >= 4 is 23.4 Å². The van der Waals surface area contributed by atoms with Gasteiger partial charge in [-0.25, -0.2) is 0 Å². The van der Waals surface area contributed by atoms with Crippen molar-refractivity contribution in [3.8, 4) is 17.2 Å². The van der Waals surface area contributed by atoms with Gasteiger partial charge < -0.3 is 28.4 Å². The van der Waals surface area contributed by atoms with Gasteiger partial charge in [-0.15, -0.1) is 0 Å². The molecule has 35 heavy (non-hydrogen) atoms. The SMILES string of the molecule is CCCN(CC(=O)N(Cc1ccc2c(c1)OCO2)Cc1ccco1)C(=O)COc1ccc(Cl)cc1. The van der Waals surface area contributed by atoms with Gasteiger partial charge >= 0.3 is 0 Å². The van der Waals surface area contributed by atoms with E-state index in [9.17, 15) is 9.59 Å². The van der Waals surface area contributed by atoms with Gasteiger partial charge in [0.25, 0.3) is 5.91 Å². The number of hydrogen-bond acceptors (Lipinski definition) is 6. The van der Waals surface area contributed by atoms with Gasteiger partial charge in [-0.05, 0) is 60.5 Å². The van der Waals surface area contributed by atoms with Crippen molar-refractivity contribution in [1.82, 2.24) is 9.80 Å². The fourth-order valence-electron chi connectivity index (χ4n) is 3.67. The third-order valence-corrected chi connectivity index (χ3v) is 5.69. The van der Waals surface area contributed by atoms with Gasteiger partial charge in [-0.3, -0.25) is 9.59 Å². The molecule has 0 aliphatic carbocycles. The first-order valence-corrected chi connectivity index (χ1v) is 11.7. The molecule has 0 saturated heterocycles. The van der Waals surface area contributed by atoms with Crippen LogP contribution in [0.4, 0.5) is 0 Å². The second-order valence-corrected chi connectivity index (χ2v) is 8.51. The zero-order chi connectivity index (χ0) is 24.6. The van der Waals surface area contributed by atoms with Crippen molar-refractivity contribution < 1.29 is 28.2 Å². The monoisotopic (exact) mass is 498 g/mol. The highest BCUT2D eigenvalue weighted by atomic mass is 35.5. The minimum Gasteiger partial charge on any atom is -0.484 e. The lowest BCUT2D eigenvalue weighted by Gasteiger charge is -2.27. The Kier molecular flexibility index (Phi) is 8.15. The van der Waals surface area contributed by atoms with Crippen LogP contribution in [0.5, 0.6) is 17.2 Å². The summed E-state index contributed by atoms with van der Waals surface area (Å²) in [6.45, 7) is 2.93. The van der Waals surface area contributed by atoms with Crippen molar-refractivity contribution in [2.24, 2.45) is 0 Å². The first-order valence-electron chi connectivity index (χ1n) is 11.4. The van der Waals surface area contributed by atoms with Gasteiger partial charge in [-0.1, -0.05) is 24.6 Å². The number of benzene rings is 2. The fraction of sp³-hybridized carbons (Fsp3) is 0.308. The van der Waals surface area contributed by atoms with Crippen LogP contribution >= 0.6 is 11.6 Å². The Bertz CT molecular complexity index is 1130. The molecule has 0 N–H and O–H groups in total. The van der Waals surface area contributed by atoms with E-state index < -0.39 is 0 Å². The Morgan fingerprint density at radius 1 is 0.971 bits per heavy atom. The number of ether oxygens (including phenoxy) is 3. The summed E-state index contributed by atoms with van der Waals surface area (Å²) in [5, 5.41) is 0.584. The maximum absolute atomic E-state index is 13.4. The van der Waals surface area contributed by atoms with Crippen LogP contribution < -0.4 is 14.2 Å². The number of rotatable bonds is 11. The Morgan fingerprint density at radius 2 is 1.77 bits per heavy atom. The minimum atomic E-state index is -0.267. The van der Waals surface area contributed by atoms with E-state index in [1.807, 2.05) is 31.2 Å². The molecule has 9 heteroatoms. The molecule has 8 nitrogen and oxygen atoms in total. The van der Waals surface area contributed by atoms with E-state index in [2.05, 4.69) is 0 Å². The Balaban J connectivity index is 1.43. The van der Waals surface area contributed by atoms with Gasteiger partial charge in [0.05, 0.1) is 19.4 Å². The number of nitrogens with zero attached hydrogens (tertiary/aromatic N) is 2. The second kappa shape index (κ2) is 11.7. The third-order valence-electron chi connectivity index (χ3n) is 5.44. The average Bonchev–Trinajstić information content (AvgIpc) is 3.54. The predicted molar refractivity (Wildman–Crippen MR) is 129 cm³/mol. The number of carbonyl (C=O) groups is 2. The smallest absolute Gasteiger partial charge is 0.260 e. The summed E-state index contributed by atoms with van der Waals surface area (Å²) in [5.41, 5.74) is 0.883. The molecule has 0 unspecified atom stereocenters. The van der Waals surface area contributed by atoms with Gasteiger partial charge in [-0.2, -0.15) is 0 Å². The molecule has 2 aromatic carbocycles. The fourth-order valence-corrected chi connectivity index (χ4v) is 3.80. The van der Waals surface area contributed by atoms with Crippen LogP contribution in [0.2, 0.25) is 5.02 Å². The van der Waals surface area contributed by atoms with Gasteiger partial charge in [0, 0.05) is 18.1 Å². The summed E-state index contributed by atoms with van der Waals surface area (Å²) < 4.78 is 21.9. The average molecular weight is 499 g/mol. The lowest BCUT2D eigenvalue weighted by molar-refractivity contribution is -0.142. The molecule has 2 amide bonds. The van der Waals surface area contributed by atoms with E-state index >= 15 is 0 Å². The molecule has 0 atom stereocenters. The largest absolute Gasteiger partial charge is 0.484 e. The first-order chi connectivity index (χ1) is 17.0. The topological polar surface area (TPSA) is 81.5 Å². The summed E-state index contributed by atoms with van der Waals surface area (Å²) in [4.78, 5) is 29.5. The van der Waals surface area contributed by atoms with E-state index in [1.54, 1.807) is 41.5 Å². The van der Waals surface area contributed by atoms with Crippen LogP contribution in [0.1, 0.15) is 24.7 Å². The summed E-state index contributed by atoms with van der Waals surface area (Å²) in [6.07, 6.45) is 2.28. The van der Waals surface area contributed by atoms with Gasteiger partial charge in [0.1, 0.15) is 11.5 Å². The molecule has 1 aliphatic rings. The van der Waals surface area contributed by atoms with Crippen molar-refractivity contribution in [3.05, 3.63) is 77.2 Å². The van der Waals surface area contributed by atoms with Crippen molar-refractivity contribution in [1.29, 1.82) is 0 Å². The summed E-state index contributed by atoms with van der Waals surface area (Å²) in [6, 6.07) is 15.9. The van der Waals surface area contributed by atoms with Crippen LogP contribution in [0, 0.1) is 0 Å². The zero-order valence-corrected chi connectivity index (χ0v) is 20.2. The quantitative estimate of drug-likeness (QED) is 0.387. The van der Waals surface area contributed by atoms with E-state index in [0.29, 0.717) is 47.5 Å². The number of hydrogen-bond donors (Lipinski definition) is 0. The van der Waals surface area contributed by atoms with Crippen LogP contribution in [-0.4, -0.2) is 48.1 Å². The highest BCUT2D eigenvalue weighted by Crippen LogP contribution is 2.33. The summed E-state index contributed by atoms with van der Waals surface area (Å²) in [7, 11) is 0. The molecule has 0 fully saturated rings. The van der Waals surface area contributed by atoms with Crippen LogP contribution in [0.25, 0.3) is 0 Å². The van der Waals surface area contributed by atoms with E-state index in [-0.39, 0.29) is 38.3 Å². The zero-order valence-electron chi connectivity index (χ0n) is 19.4. The van der Waals surface area contributed by atoms with Crippen LogP contribution in [-0.2, 0) is 22.7 Å². The third kappa shape index (κ3) is 6.70. The number of amides is 2. The maximum Gasteiger partial charge on any atom is 0.260 e. The molecule has 4 rings (SSSR count). The molecular formula is C26H27ClN2O6. The molecule has 0 radical (unpaired) electrons. The lowest BCUT2D eigenvalue weighted by Crippen LogP contribution is -2.44. The molecule has 2 heterocycles. The Morgan fingerprint density at radius 3 is 2.51 bits per heavy atom. The molecule has 1 aromatic heterocycles. The molecule has 184 valence electrons. The number of carbonyl (C=O) groups excluding carboxylic acids is 2. The van der Waals surface area contributed by atoms with Crippen molar-refractivity contribution in [3.63, 3.8) is 0 Å². The molecule has 1 aliphatic heterocycles. The predicted octanol–water partition coefficient (Wildman–Crippen LogP) is 4.51. The number of halogens is 1. The van der Waals surface area contributed by atoms with Crippen LogP contribution in [0.15, 0.2) is 65.3 Å². The second-order valence-electron chi connectivity index (χ2n) is 8.07. The van der Waals surface area contributed by atoms with Crippen molar-refractivity contribution in [2.45, 2.75) is 26.4 Å². The van der Waals surface area contributed by atoms with Gasteiger partial charge in [0.15, 0.2) is 18.1 Å². The summed E-state index contributed by atoms with van der Waals surface area (Å²) in [5.74, 6) is 2.04. The van der Waals surface area contributed by atoms with E-state index in [0.717, 1.165) is 5.56 Å². The minimum absolute atomic E-state index is 0.0675. The Labute approximate surface area is 208 Å². The number of fused-ring (bicyclic) bond motifs is 1. The highest BCUT2D eigenvalue weighted by molar-refractivity contribution is 6.30. The van der Waals surface area contributed by atoms with Crippen molar-refractivity contribution in [2.75, 3.05) is 26.5 Å². The van der Waals surface area contributed by atoms with Crippen LogP contribution in [0.3, 0.4) is 0 Å². The highest BCUT2D eigenvalue weighted by Gasteiger charge is 2.23. The normalized spacial score (nSPS) is 11.8. The van der Waals surface area contributed by atoms with E-state index in [1.165, 1.54) is 4.90 Å². The molecule has 3 aromatic rings. The van der Waals surface area contributed by atoms with Gasteiger partial charge in [0.2, 0.25) is 12.7 Å². The number of furan rings is 1. The lowest BCUT2D eigenvalue weighted by atomic mass is 10.2. The standard InChI is InChI=1S/C26H27ClN2O6/c1-2-11-28(26(31)17-33-21-8-6-20(27)7-9-21)16-25(30)29(15-22-4-3-12-32-22)14-19-5-10-23-24(13-19)35-18-34-23/h3-10,12-13H,2,11,14-18H2,1H3. The molecule has 0 bridgehead atoms. The van der Waals surface area contributed by atoms with E-state index in [4.69, 9.17) is 30.2 Å². The molecular weight excluding hydrogens is 472 g/mol. The Hall–Kier alpha value is -3.65. The molecule has 0 spiro atoms.